The van der Waals surface area contributed by atoms with E-state index in [1.807, 2.05) is 13.0 Å². The van der Waals surface area contributed by atoms with Crippen molar-refractivity contribution in [1.29, 1.82) is 5.26 Å². The van der Waals surface area contributed by atoms with Crippen LogP contribution in [0.25, 0.3) is 0 Å². The van der Waals surface area contributed by atoms with Crippen LogP contribution >= 0.6 is 0 Å². The molecule has 0 saturated heterocycles. The molecule has 1 aromatic rings. The van der Waals surface area contributed by atoms with Gasteiger partial charge >= 0.3 is 0 Å². The molecule has 0 aromatic carbocycles. The van der Waals surface area contributed by atoms with Crippen LogP contribution in [0.3, 0.4) is 0 Å². The van der Waals surface area contributed by atoms with Gasteiger partial charge in [0.1, 0.15) is 6.10 Å². The minimum Gasteiger partial charge on any atom is -0.385 e. The number of nitrogens with zero attached hydrogens (tertiary/aromatic N) is 3. The Balaban J connectivity index is 1.96. The highest BCUT2D eigenvalue weighted by atomic mass is 16.3. The van der Waals surface area contributed by atoms with Crippen LogP contribution in [0, 0.1) is 28.6 Å². The number of aliphatic hydroxyl groups is 1. The molecule has 4 heteroatoms. The van der Waals surface area contributed by atoms with E-state index in [2.05, 4.69) is 11.2 Å². The molecule has 1 aromatic heterocycles. The second kappa shape index (κ2) is 4.10. The van der Waals surface area contributed by atoms with E-state index in [1.165, 1.54) is 6.42 Å². The SMILES string of the molecule is CCn1nccc1C(O)C1(C#N)CC2CCC1C2. The van der Waals surface area contributed by atoms with E-state index in [0.717, 1.165) is 31.5 Å². The fourth-order valence-electron chi connectivity index (χ4n) is 4.01. The minimum absolute atomic E-state index is 0.364. The second-order valence-corrected chi connectivity index (χ2v) is 5.71. The molecule has 3 rings (SSSR count). The maximum absolute atomic E-state index is 10.7. The maximum Gasteiger partial charge on any atom is 0.114 e. The van der Waals surface area contributed by atoms with Crippen LogP contribution in [0.2, 0.25) is 0 Å². The summed E-state index contributed by atoms with van der Waals surface area (Å²) in [6.45, 7) is 2.73. The highest BCUT2D eigenvalue weighted by Crippen LogP contribution is 2.60. The number of aryl methyl sites for hydroxylation is 1. The lowest BCUT2D eigenvalue weighted by molar-refractivity contribution is 0.0170. The first kappa shape index (κ1) is 11.7. The molecule has 4 nitrogen and oxygen atoms in total. The minimum atomic E-state index is -0.694. The van der Waals surface area contributed by atoms with Gasteiger partial charge in [-0.1, -0.05) is 6.42 Å². The van der Waals surface area contributed by atoms with Crippen molar-refractivity contribution in [2.24, 2.45) is 17.3 Å². The molecule has 4 atom stereocenters. The summed E-state index contributed by atoms with van der Waals surface area (Å²) in [6, 6.07) is 4.30. The second-order valence-electron chi connectivity index (χ2n) is 5.71. The molecule has 2 fully saturated rings. The third-order valence-electron chi connectivity index (χ3n) is 4.92. The first-order valence-electron chi connectivity index (χ1n) is 6.82. The van der Waals surface area contributed by atoms with Crippen molar-refractivity contribution < 1.29 is 5.11 Å². The van der Waals surface area contributed by atoms with Crippen LogP contribution in [0.1, 0.15) is 44.4 Å². The van der Waals surface area contributed by atoms with Crippen molar-refractivity contribution in [3.05, 3.63) is 18.0 Å². The predicted molar refractivity (Wildman–Crippen MR) is 66.4 cm³/mol. The van der Waals surface area contributed by atoms with Crippen LogP contribution < -0.4 is 0 Å². The van der Waals surface area contributed by atoms with Gasteiger partial charge in [-0.2, -0.15) is 10.4 Å². The Morgan fingerprint density at radius 2 is 2.50 bits per heavy atom. The largest absolute Gasteiger partial charge is 0.385 e. The van der Waals surface area contributed by atoms with Gasteiger partial charge in [0.2, 0.25) is 0 Å². The van der Waals surface area contributed by atoms with Crippen LogP contribution in [-0.4, -0.2) is 14.9 Å². The van der Waals surface area contributed by atoms with Crippen molar-refractivity contribution in [1.82, 2.24) is 9.78 Å². The number of aliphatic hydroxyl groups excluding tert-OH is 1. The van der Waals surface area contributed by atoms with E-state index < -0.39 is 11.5 Å². The maximum atomic E-state index is 10.7. The summed E-state index contributed by atoms with van der Waals surface area (Å²) in [7, 11) is 0. The summed E-state index contributed by atoms with van der Waals surface area (Å²) in [5.41, 5.74) is 0.224. The van der Waals surface area contributed by atoms with Gasteiger partial charge in [-0.05, 0) is 44.1 Å². The molecule has 1 N–H and O–H groups in total. The van der Waals surface area contributed by atoms with Gasteiger partial charge in [-0.3, -0.25) is 4.68 Å². The quantitative estimate of drug-likeness (QED) is 0.888. The van der Waals surface area contributed by atoms with Crippen molar-refractivity contribution >= 4 is 0 Å². The number of fused-ring (bicyclic) bond motifs is 2. The summed E-state index contributed by atoms with van der Waals surface area (Å²) >= 11 is 0. The van der Waals surface area contributed by atoms with Gasteiger partial charge in [0.25, 0.3) is 0 Å². The third kappa shape index (κ3) is 1.44. The zero-order chi connectivity index (χ0) is 12.8. The first-order chi connectivity index (χ1) is 8.71. The Morgan fingerprint density at radius 1 is 1.67 bits per heavy atom. The molecule has 0 amide bonds. The molecule has 2 aliphatic carbocycles. The van der Waals surface area contributed by atoms with E-state index in [4.69, 9.17) is 0 Å². The number of hydrogen-bond donors (Lipinski definition) is 1. The van der Waals surface area contributed by atoms with E-state index in [0.29, 0.717) is 11.8 Å². The summed E-state index contributed by atoms with van der Waals surface area (Å²) in [5.74, 6) is 1.00. The van der Waals surface area contributed by atoms with Gasteiger partial charge in [0.05, 0.1) is 17.2 Å². The Hall–Kier alpha value is -1.34. The lowest BCUT2D eigenvalue weighted by Gasteiger charge is -2.35. The lowest BCUT2D eigenvalue weighted by Crippen LogP contribution is -2.34. The molecule has 4 unspecified atom stereocenters. The van der Waals surface area contributed by atoms with Crippen LogP contribution in [0.5, 0.6) is 0 Å². The number of nitriles is 1. The molecular formula is C14H19N3O. The number of hydrogen-bond acceptors (Lipinski definition) is 3. The molecular weight excluding hydrogens is 226 g/mol. The summed E-state index contributed by atoms with van der Waals surface area (Å²) in [5, 5.41) is 24.5. The van der Waals surface area contributed by atoms with Crippen LogP contribution in [0.15, 0.2) is 12.3 Å². The van der Waals surface area contributed by atoms with Crippen molar-refractivity contribution in [3.8, 4) is 6.07 Å². The fourth-order valence-corrected chi connectivity index (χ4v) is 4.01. The van der Waals surface area contributed by atoms with Gasteiger partial charge in [0.15, 0.2) is 0 Å². The number of rotatable bonds is 3. The molecule has 1 heterocycles. The fraction of sp³-hybridized carbons (Fsp3) is 0.714. The van der Waals surface area contributed by atoms with Crippen LogP contribution in [-0.2, 0) is 6.54 Å². The van der Waals surface area contributed by atoms with Crippen molar-refractivity contribution in [3.63, 3.8) is 0 Å². The van der Waals surface area contributed by atoms with E-state index >= 15 is 0 Å². The average molecular weight is 245 g/mol. The van der Waals surface area contributed by atoms with Gasteiger partial charge in [-0.15, -0.1) is 0 Å². The molecule has 0 spiro atoms. The topological polar surface area (TPSA) is 61.8 Å². The highest BCUT2D eigenvalue weighted by Gasteiger charge is 2.56. The molecule has 0 aliphatic heterocycles. The first-order valence-corrected chi connectivity index (χ1v) is 6.82. The standard InChI is InChI=1S/C14H19N3O/c1-2-17-12(5-6-16-17)13(18)14(9-15)8-10-3-4-11(14)7-10/h5-6,10-11,13,18H,2-4,7-8H2,1H3. The molecule has 2 bridgehead atoms. The molecule has 0 radical (unpaired) electrons. The van der Waals surface area contributed by atoms with Crippen LogP contribution in [0.4, 0.5) is 0 Å². The Labute approximate surface area is 107 Å². The monoisotopic (exact) mass is 245 g/mol. The predicted octanol–water partition coefficient (Wildman–Crippen LogP) is 2.27. The molecule has 2 saturated carbocycles. The Kier molecular flexibility index (Phi) is 2.67. The van der Waals surface area contributed by atoms with E-state index in [9.17, 15) is 10.4 Å². The molecule has 2 aliphatic rings. The number of aromatic nitrogens is 2. The average Bonchev–Trinajstić information content (AvgIpc) is 3.11. The normalized spacial score (nSPS) is 35.6. The zero-order valence-electron chi connectivity index (χ0n) is 10.7. The van der Waals surface area contributed by atoms with Gasteiger partial charge in [-0.25, -0.2) is 0 Å². The van der Waals surface area contributed by atoms with E-state index in [-0.39, 0.29) is 0 Å². The third-order valence-corrected chi connectivity index (χ3v) is 4.92. The lowest BCUT2D eigenvalue weighted by atomic mass is 9.69. The van der Waals surface area contributed by atoms with Gasteiger partial charge < -0.3 is 5.11 Å². The smallest absolute Gasteiger partial charge is 0.114 e. The van der Waals surface area contributed by atoms with Crippen molar-refractivity contribution in [2.45, 2.75) is 45.3 Å². The van der Waals surface area contributed by atoms with Gasteiger partial charge in [0, 0.05) is 12.7 Å². The Morgan fingerprint density at radius 3 is 3.06 bits per heavy atom. The Bertz CT molecular complexity index is 489. The summed E-state index contributed by atoms with van der Waals surface area (Å²) < 4.78 is 1.80. The molecule has 96 valence electrons. The highest BCUT2D eigenvalue weighted by molar-refractivity contribution is 5.21. The van der Waals surface area contributed by atoms with Crippen molar-refractivity contribution in [2.75, 3.05) is 0 Å². The zero-order valence-corrected chi connectivity index (χ0v) is 10.7. The summed E-state index contributed by atoms with van der Waals surface area (Å²) in [6.07, 6.45) is 5.30. The van der Waals surface area contributed by atoms with E-state index in [1.54, 1.807) is 10.9 Å². The summed E-state index contributed by atoms with van der Waals surface area (Å²) in [4.78, 5) is 0. The molecule has 18 heavy (non-hydrogen) atoms.